The zero-order valence-electron chi connectivity index (χ0n) is 16.3. The third-order valence-electron chi connectivity index (χ3n) is 4.55. The van der Waals surface area contributed by atoms with Gasteiger partial charge in [0.2, 0.25) is 0 Å². The van der Waals surface area contributed by atoms with Crippen LogP contribution in [-0.4, -0.2) is 18.0 Å². The van der Waals surface area contributed by atoms with Crippen molar-refractivity contribution in [2.75, 3.05) is 0 Å². The van der Waals surface area contributed by atoms with E-state index in [9.17, 15) is 8.42 Å². The molecular weight excluding hydrogens is 396 g/mol. The first-order valence-electron chi connectivity index (χ1n) is 9.35. The van der Waals surface area contributed by atoms with Gasteiger partial charge in [0.15, 0.2) is 5.49 Å². The summed E-state index contributed by atoms with van der Waals surface area (Å²) in [4.78, 5) is 6.74. The summed E-state index contributed by atoms with van der Waals surface area (Å²) in [6.07, 6.45) is 1.64. The summed E-state index contributed by atoms with van der Waals surface area (Å²) in [5, 5.41) is 4.04. The van der Waals surface area contributed by atoms with Crippen molar-refractivity contribution >= 4 is 10.0 Å². The first kappa shape index (κ1) is 19.6. The summed E-state index contributed by atoms with van der Waals surface area (Å²) in [6.45, 7) is 1.90. The minimum atomic E-state index is -3.78. The number of nitrogens with zero attached hydrogens (tertiary/aromatic N) is 3. The largest absolute Gasteiger partial charge is 0.300 e. The number of aryl methyl sites for hydroxylation is 1. The van der Waals surface area contributed by atoms with Crippen molar-refractivity contribution < 1.29 is 8.42 Å². The monoisotopic (exact) mass is 416 g/mol. The van der Waals surface area contributed by atoms with Gasteiger partial charge in [-0.05, 0) is 36.8 Å². The number of sulfonamides is 1. The smallest absolute Gasteiger partial charge is 0.276 e. The topological polar surface area (TPSA) is 76.3 Å². The normalized spacial score (nSPS) is 12.0. The summed E-state index contributed by atoms with van der Waals surface area (Å²) >= 11 is 0. The highest BCUT2D eigenvalue weighted by Crippen LogP contribution is 2.20. The second kappa shape index (κ2) is 8.34. The number of para-hydroxylation sites is 1. The summed E-state index contributed by atoms with van der Waals surface area (Å²) in [6, 6.07) is 27.9. The third kappa shape index (κ3) is 4.31. The van der Waals surface area contributed by atoms with Crippen molar-refractivity contribution in [2.24, 2.45) is 5.10 Å². The number of rotatable bonds is 5. The molecule has 0 amide bonds. The van der Waals surface area contributed by atoms with Gasteiger partial charge in [0.25, 0.3) is 10.0 Å². The summed E-state index contributed by atoms with van der Waals surface area (Å²) in [5.74, 6) is 0. The zero-order valence-corrected chi connectivity index (χ0v) is 17.1. The molecule has 150 valence electrons. The highest BCUT2D eigenvalue weighted by Gasteiger charge is 2.12. The first-order valence-corrected chi connectivity index (χ1v) is 10.8. The average Bonchev–Trinajstić information content (AvgIpc) is 2.79. The van der Waals surface area contributed by atoms with Gasteiger partial charge < -0.3 is 4.57 Å². The fourth-order valence-electron chi connectivity index (χ4n) is 2.97. The molecule has 0 spiro atoms. The molecule has 0 aliphatic carbocycles. The molecule has 1 aromatic heterocycles. The molecule has 0 saturated heterocycles. The molecule has 0 aliphatic rings. The van der Waals surface area contributed by atoms with Crippen LogP contribution in [0.25, 0.3) is 16.9 Å². The lowest BCUT2D eigenvalue weighted by atomic mass is 10.1. The molecule has 0 bridgehead atoms. The number of benzene rings is 3. The molecule has 6 nitrogen and oxygen atoms in total. The van der Waals surface area contributed by atoms with Crippen LogP contribution in [0.3, 0.4) is 0 Å². The van der Waals surface area contributed by atoms with Gasteiger partial charge in [-0.25, -0.2) is 4.98 Å². The van der Waals surface area contributed by atoms with Gasteiger partial charge in [-0.1, -0.05) is 66.2 Å². The van der Waals surface area contributed by atoms with Gasteiger partial charge in [0.05, 0.1) is 10.6 Å². The minimum absolute atomic E-state index is 0.149. The maximum absolute atomic E-state index is 12.5. The van der Waals surface area contributed by atoms with E-state index in [2.05, 4.69) is 14.9 Å². The maximum Gasteiger partial charge on any atom is 0.276 e. The quantitative estimate of drug-likeness (QED) is 0.505. The van der Waals surface area contributed by atoms with Gasteiger partial charge >= 0.3 is 0 Å². The van der Waals surface area contributed by atoms with E-state index in [-0.39, 0.29) is 10.4 Å². The van der Waals surface area contributed by atoms with Crippen LogP contribution in [0.4, 0.5) is 0 Å². The molecule has 0 radical (unpaired) electrons. The van der Waals surface area contributed by atoms with E-state index in [1.807, 2.05) is 72.2 Å². The molecule has 4 aromatic rings. The summed E-state index contributed by atoms with van der Waals surface area (Å²) < 4.78 is 27.0. The minimum Gasteiger partial charge on any atom is -0.300 e. The van der Waals surface area contributed by atoms with Crippen LogP contribution in [0.1, 0.15) is 5.56 Å². The average molecular weight is 417 g/mol. The molecule has 30 heavy (non-hydrogen) atoms. The van der Waals surface area contributed by atoms with Crippen LogP contribution < -0.4 is 10.3 Å². The molecule has 1 N–H and O–H groups in total. The highest BCUT2D eigenvalue weighted by molar-refractivity contribution is 7.89. The van der Waals surface area contributed by atoms with Crippen molar-refractivity contribution in [2.45, 2.75) is 11.8 Å². The fraction of sp³-hybridized carbons (Fsp3) is 0.0435. The SMILES string of the molecule is Cc1ccc(S(=O)(=O)NN=c2cc(-c3ccccc3)n(-c3ccccc3)cn2)cc1. The maximum atomic E-state index is 12.5. The van der Waals surface area contributed by atoms with E-state index in [4.69, 9.17) is 0 Å². The lowest BCUT2D eigenvalue weighted by Gasteiger charge is -2.13. The Morgan fingerprint density at radius 2 is 1.50 bits per heavy atom. The van der Waals surface area contributed by atoms with Gasteiger partial charge in [-0.3, -0.25) is 0 Å². The lowest BCUT2D eigenvalue weighted by Crippen LogP contribution is -2.23. The number of hydrogen-bond acceptors (Lipinski definition) is 4. The molecule has 0 unspecified atom stereocenters. The number of hydrogen-bond donors (Lipinski definition) is 1. The van der Waals surface area contributed by atoms with Crippen molar-refractivity contribution in [1.29, 1.82) is 0 Å². The van der Waals surface area contributed by atoms with Crippen LogP contribution in [0, 0.1) is 6.92 Å². The van der Waals surface area contributed by atoms with Gasteiger partial charge in [-0.15, -0.1) is 5.10 Å². The summed E-state index contributed by atoms with van der Waals surface area (Å²) in [5.41, 5.74) is 3.98. The Kier molecular flexibility index (Phi) is 5.45. The van der Waals surface area contributed by atoms with E-state index in [0.29, 0.717) is 0 Å². The Hall–Kier alpha value is -3.71. The fourth-order valence-corrected chi connectivity index (χ4v) is 3.79. The second-order valence-corrected chi connectivity index (χ2v) is 8.38. The van der Waals surface area contributed by atoms with Crippen LogP contribution >= 0.6 is 0 Å². The van der Waals surface area contributed by atoms with E-state index in [1.54, 1.807) is 36.7 Å². The Morgan fingerprint density at radius 1 is 0.867 bits per heavy atom. The number of aromatic nitrogens is 2. The Balaban J connectivity index is 1.75. The molecular formula is C23H20N4O2S. The van der Waals surface area contributed by atoms with Crippen LogP contribution in [0.5, 0.6) is 0 Å². The molecule has 7 heteroatoms. The molecule has 0 fully saturated rings. The predicted molar refractivity (Wildman–Crippen MR) is 116 cm³/mol. The van der Waals surface area contributed by atoms with Crippen molar-refractivity contribution in [3.05, 3.63) is 108 Å². The van der Waals surface area contributed by atoms with Gasteiger partial charge in [0.1, 0.15) is 6.33 Å². The predicted octanol–water partition coefficient (Wildman–Crippen LogP) is 3.64. The van der Waals surface area contributed by atoms with E-state index < -0.39 is 10.0 Å². The van der Waals surface area contributed by atoms with Gasteiger partial charge in [0, 0.05) is 11.8 Å². The van der Waals surface area contributed by atoms with E-state index in [1.165, 1.54) is 0 Å². The third-order valence-corrected chi connectivity index (χ3v) is 5.77. The molecule has 1 heterocycles. The molecule has 3 aromatic carbocycles. The van der Waals surface area contributed by atoms with Crippen LogP contribution in [-0.2, 0) is 10.0 Å². The highest BCUT2D eigenvalue weighted by atomic mass is 32.2. The zero-order chi connectivity index (χ0) is 21.0. The molecule has 0 aliphatic heterocycles. The molecule has 0 atom stereocenters. The second-order valence-electron chi connectivity index (χ2n) is 6.72. The van der Waals surface area contributed by atoms with Crippen molar-refractivity contribution in [3.8, 4) is 16.9 Å². The van der Waals surface area contributed by atoms with Gasteiger partial charge in [-0.2, -0.15) is 13.2 Å². The lowest BCUT2D eigenvalue weighted by molar-refractivity contribution is 0.582. The standard InChI is InChI=1S/C23H20N4O2S/c1-18-12-14-21(15-13-18)30(28,29)26-25-23-16-22(19-8-4-2-5-9-19)27(17-24-23)20-10-6-3-7-11-20/h2-17,26H,1H3. The van der Waals surface area contributed by atoms with Crippen molar-refractivity contribution in [3.63, 3.8) is 0 Å². The Morgan fingerprint density at radius 3 is 2.17 bits per heavy atom. The van der Waals surface area contributed by atoms with Crippen LogP contribution in [0.2, 0.25) is 0 Å². The van der Waals surface area contributed by atoms with E-state index in [0.717, 1.165) is 22.5 Å². The first-order chi connectivity index (χ1) is 14.5. The number of nitrogens with one attached hydrogen (secondary N) is 1. The van der Waals surface area contributed by atoms with Crippen molar-refractivity contribution in [1.82, 2.24) is 14.4 Å². The Labute approximate surface area is 175 Å². The Bertz CT molecular complexity index is 1320. The molecule has 4 rings (SSSR count). The van der Waals surface area contributed by atoms with E-state index >= 15 is 0 Å². The molecule has 0 saturated carbocycles. The van der Waals surface area contributed by atoms with Crippen LogP contribution in [0.15, 0.2) is 107 Å². The summed E-state index contributed by atoms with van der Waals surface area (Å²) in [7, 11) is -3.78.